The van der Waals surface area contributed by atoms with Crippen molar-refractivity contribution >= 4 is 27.5 Å². The number of fused-ring (bicyclic) bond motifs is 1. The summed E-state index contributed by atoms with van der Waals surface area (Å²) in [4.78, 5) is 22.9. The maximum Gasteiger partial charge on any atom is 0.320 e. The zero-order valence-corrected chi connectivity index (χ0v) is 14.5. The Hall–Kier alpha value is -2.31. The van der Waals surface area contributed by atoms with Crippen LogP contribution in [-0.2, 0) is 4.79 Å². The van der Waals surface area contributed by atoms with Gasteiger partial charge in [0.15, 0.2) is 0 Å². The van der Waals surface area contributed by atoms with Crippen molar-refractivity contribution in [3.63, 3.8) is 0 Å². The lowest BCUT2D eigenvalue weighted by molar-refractivity contribution is -0.145. The van der Waals surface area contributed by atoms with E-state index in [2.05, 4.69) is 16.0 Å². The van der Waals surface area contributed by atoms with Gasteiger partial charge in [-0.05, 0) is 42.7 Å². The highest BCUT2D eigenvalue weighted by atomic mass is 32.1. The van der Waals surface area contributed by atoms with Crippen molar-refractivity contribution in [3.8, 4) is 0 Å². The summed E-state index contributed by atoms with van der Waals surface area (Å²) in [6.45, 7) is 0.764. The Morgan fingerprint density at radius 1 is 1.20 bits per heavy atom. The number of hydrogen-bond acceptors (Lipinski definition) is 5. The van der Waals surface area contributed by atoms with Crippen molar-refractivity contribution in [2.24, 2.45) is 0 Å². The van der Waals surface area contributed by atoms with Gasteiger partial charge in [-0.3, -0.25) is 14.7 Å². The van der Waals surface area contributed by atoms with Crippen LogP contribution in [0.5, 0.6) is 0 Å². The van der Waals surface area contributed by atoms with E-state index in [-0.39, 0.29) is 6.04 Å². The fourth-order valence-electron chi connectivity index (χ4n) is 3.56. The first-order valence-electron chi connectivity index (χ1n) is 8.48. The molecule has 2 aromatic heterocycles. The number of thiazole rings is 1. The number of hydrogen-bond donors (Lipinski definition) is 1. The predicted molar refractivity (Wildman–Crippen MR) is 97.7 cm³/mol. The minimum Gasteiger partial charge on any atom is -0.480 e. The second-order valence-electron chi connectivity index (χ2n) is 6.29. The van der Waals surface area contributed by atoms with E-state index in [0.717, 1.165) is 40.2 Å². The number of para-hydroxylation sites is 1. The fraction of sp³-hybridized carbons (Fsp3) is 0.316. The van der Waals surface area contributed by atoms with Crippen molar-refractivity contribution in [2.75, 3.05) is 6.54 Å². The molecule has 0 bridgehead atoms. The van der Waals surface area contributed by atoms with E-state index < -0.39 is 12.0 Å². The van der Waals surface area contributed by atoms with Crippen LogP contribution in [0.1, 0.15) is 35.9 Å². The molecule has 0 amide bonds. The van der Waals surface area contributed by atoms with Gasteiger partial charge in [-0.25, -0.2) is 4.98 Å². The second-order valence-corrected chi connectivity index (χ2v) is 7.35. The summed E-state index contributed by atoms with van der Waals surface area (Å²) < 4.78 is 1.13. The molecule has 0 saturated carbocycles. The van der Waals surface area contributed by atoms with Gasteiger partial charge >= 0.3 is 5.97 Å². The molecule has 3 aromatic rings. The average molecular weight is 353 g/mol. The first-order chi connectivity index (χ1) is 12.2. The Morgan fingerprint density at radius 2 is 2.00 bits per heavy atom. The van der Waals surface area contributed by atoms with Gasteiger partial charge in [-0.2, -0.15) is 0 Å². The SMILES string of the molecule is O=C(O)C1CCCCN1C(c1ccncc1)c1nc2ccccc2s1. The van der Waals surface area contributed by atoms with Crippen molar-refractivity contribution in [2.45, 2.75) is 31.3 Å². The molecule has 0 radical (unpaired) electrons. The summed E-state index contributed by atoms with van der Waals surface area (Å²) in [6.07, 6.45) is 6.17. The number of rotatable bonds is 4. The van der Waals surface area contributed by atoms with Gasteiger partial charge < -0.3 is 5.11 Å². The Morgan fingerprint density at radius 3 is 2.76 bits per heavy atom. The van der Waals surface area contributed by atoms with E-state index in [1.165, 1.54) is 0 Å². The summed E-state index contributed by atoms with van der Waals surface area (Å²) in [5.74, 6) is -0.750. The lowest BCUT2D eigenvalue weighted by Crippen LogP contribution is -2.46. The molecule has 1 saturated heterocycles. The predicted octanol–water partition coefficient (Wildman–Crippen LogP) is 3.72. The largest absolute Gasteiger partial charge is 0.480 e. The molecule has 1 aliphatic heterocycles. The van der Waals surface area contributed by atoms with Gasteiger partial charge in [0.1, 0.15) is 11.0 Å². The standard InChI is InChI=1S/C19H19N3O2S/c23-19(24)15-6-3-4-12-22(15)17(13-8-10-20-11-9-13)18-21-14-5-1-2-7-16(14)25-18/h1-2,5,7-11,15,17H,3-4,6,12H2,(H,23,24). The van der Waals surface area contributed by atoms with Crippen molar-refractivity contribution < 1.29 is 9.90 Å². The van der Waals surface area contributed by atoms with Crippen LogP contribution in [0.25, 0.3) is 10.2 Å². The quantitative estimate of drug-likeness (QED) is 0.774. The highest BCUT2D eigenvalue weighted by molar-refractivity contribution is 7.18. The highest BCUT2D eigenvalue weighted by Gasteiger charge is 2.36. The molecule has 128 valence electrons. The Balaban J connectivity index is 1.82. The summed E-state index contributed by atoms with van der Waals surface area (Å²) >= 11 is 1.64. The zero-order valence-electron chi connectivity index (χ0n) is 13.7. The van der Waals surface area contributed by atoms with Crippen LogP contribution in [-0.4, -0.2) is 38.5 Å². The number of carboxylic acid groups (broad SMARTS) is 1. The molecular weight excluding hydrogens is 334 g/mol. The molecule has 6 heteroatoms. The van der Waals surface area contributed by atoms with Gasteiger partial charge in [0.25, 0.3) is 0 Å². The molecule has 2 atom stereocenters. The lowest BCUT2D eigenvalue weighted by Gasteiger charge is -2.38. The lowest BCUT2D eigenvalue weighted by atomic mass is 9.97. The minimum absolute atomic E-state index is 0.151. The van der Waals surface area contributed by atoms with E-state index in [9.17, 15) is 9.90 Å². The Labute approximate surface area is 150 Å². The van der Waals surface area contributed by atoms with Gasteiger partial charge in [-0.15, -0.1) is 11.3 Å². The summed E-state index contributed by atoms with van der Waals surface area (Å²) in [5.41, 5.74) is 2.01. The maximum absolute atomic E-state index is 11.8. The van der Waals surface area contributed by atoms with Gasteiger partial charge in [0, 0.05) is 18.9 Å². The van der Waals surface area contributed by atoms with Crippen LogP contribution >= 0.6 is 11.3 Å². The molecule has 1 fully saturated rings. The van der Waals surface area contributed by atoms with Crippen LogP contribution in [0, 0.1) is 0 Å². The van der Waals surface area contributed by atoms with Crippen LogP contribution < -0.4 is 0 Å². The van der Waals surface area contributed by atoms with E-state index in [1.54, 1.807) is 23.7 Å². The summed E-state index contributed by atoms with van der Waals surface area (Å²) in [7, 11) is 0. The number of nitrogens with zero attached hydrogens (tertiary/aromatic N) is 3. The number of pyridine rings is 1. The third kappa shape index (κ3) is 3.15. The number of carbonyl (C=O) groups is 1. The molecule has 4 rings (SSSR count). The topological polar surface area (TPSA) is 66.3 Å². The van der Waals surface area contributed by atoms with Crippen LogP contribution in [0.2, 0.25) is 0 Å². The van der Waals surface area contributed by atoms with Crippen LogP contribution in [0.3, 0.4) is 0 Å². The number of carboxylic acids is 1. The molecule has 25 heavy (non-hydrogen) atoms. The molecule has 5 nitrogen and oxygen atoms in total. The number of aliphatic carboxylic acids is 1. The monoisotopic (exact) mass is 353 g/mol. The molecule has 0 aliphatic carbocycles. The molecule has 1 N–H and O–H groups in total. The normalized spacial score (nSPS) is 19.8. The molecule has 0 spiro atoms. The molecular formula is C19H19N3O2S. The third-order valence-electron chi connectivity index (χ3n) is 4.73. The van der Waals surface area contributed by atoms with Crippen LogP contribution in [0.4, 0.5) is 0 Å². The molecule has 1 aliphatic rings. The first-order valence-corrected chi connectivity index (χ1v) is 9.29. The number of aromatic nitrogens is 2. The van der Waals surface area contributed by atoms with Gasteiger partial charge in [0.2, 0.25) is 0 Å². The Bertz CT molecular complexity index is 848. The van der Waals surface area contributed by atoms with E-state index >= 15 is 0 Å². The highest BCUT2D eigenvalue weighted by Crippen LogP contribution is 2.37. The summed E-state index contributed by atoms with van der Waals surface area (Å²) in [5, 5.41) is 10.7. The fourth-order valence-corrected chi connectivity index (χ4v) is 4.67. The second kappa shape index (κ2) is 6.90. The first kappa shape index (κ1) is 16.2. The van der Waals surface area contributed by atoms with E-state index in [1.807, 2.05) is 30.3 Å². The Kier molecular flexibility index (Phi) is 4.46. The third-order valence-corrected chi connectivity index (χ3v) is 5.82. The molecule has 2 unspecified atom stereocenters. The van der Waals surface area contributed by atoms with E-state index in [4.69, 9.17) is 4.98 Å². The number of likely N-dealkylation sites (tertiary alicyclic amines) is 1. The minimum atomic E-state index is -0.750. The molecule has 3 heterocycles. The average Bonchev–Trinajstić information content (AvgIpc) is 3.06. The summed E-state index contributed by atoms with van der Waals surface area (Å²) in [6, 6.07) is 11.4. The van der Waals surface area contributed by atoms with E-state index in [0.29, 0.717) is 6.42 Å². The van der Waals surface area contributed by atoms with Crippen molar-refractivity contribution in [3.05, 3.63) is 59.4 Å². The van der Waals surface area contributed by atoms with Crippen LogP contribution in [0.15, 0.2) is 48.8 Å². The van der Waals surface area contributed by atoms with Crippen molar-refractivity contribution in [1.82, 2.24) is 14.9 Å². The number of benzene rings is 1. The maximum atomic E-state index is 11.8. The van der Waals surface area contributed by atoms with Crippen molar-refractivity contribution in [1.29, 1.82) is 0 Å². The molecule has 1 aromatic carbocycles. The zero-order chi connectivity index (χ0) is 17.2. The van der Waals surface area contributed by atoms with Gasteiger partial charge in [-0.1, -0.05) is 18.6 Å². The number of piperidine rings is 1. The van der Waals surface area contributed by atoms with Gasteiger partial charge in [0.05, 0.1) is 16.3 Å². The smallest absolute Gasteiger partial charge is 0.320 e.